The Morgan fingerprint density at radius 2 is 1.68 bits per heavy atom. The fraction of sp³-hybridized carbons (Fsp3) is 0.929. The highest BCUT2D eigenvalue weighted by atomic mass is 35.5. The van der Waals surface area contributed by atoms with Gasteiger partial charge in [-0.05, 0) is 18.5 Å². The second kappa shape index (κ2) is 7.53. The Morgan fingerprint density at radius 1 is 1.23 bits per heavy atom. The molecule has 0 fully saturated rings. The molecule has 0 aliphatic carbocycles. The van der Waals surface area contributed by atoms with Crippen molar-refractivity contribution in [3.05, 3.63) is 0 Å². The van der Waals surface area contributed by atoms with Gasteiger partial charge in [0.2, 0.25) is 5.91 Å². The van der Waals surface area contributed by atoms with E-state index in [1.165, 1.54) is 20.8 Å². The molecule has 0 aromatic rings. The Kier molecular flexibility index (Phi) is 7.44. The van der Waals surface area contributed by atoms with Crippen molar-refractivity contribution >= 4 is 26.5 Å². The van der Waals surface area contributed by atoms with Gasteiger partial charge in [-0.15, -0.1) is 11.6 Å². The molecule has 0 radical (unpaired) electrons. The van der Waals surface area contributed by atoms with Crippen LogP contribution in [0.4, 0.5) is 13.2 Å². The molecule has 0 rings (SSSR count). The third kappa shape index (κ3) is 5.42. The summed E-state index contributed by atoms with van der Waals surface area (Å²) in [5.41, 5.74) is -2.96. The Labute approximate surface area is 137 Å². The zero-order valence-corrected chi connectivity index (χ0v) is 16.2. The molecular formula is C14H27ClF3NO2Si. The summed E-state index contributed by atoms with van der Waals surface area (Å²) in [4.78, 5) is 11.8. The Morgan fingerprint density at radius 3 is 1.91 bits per heavy atom. The molecule has 1 amide bonds. The van der Waals surface area contributed by atoms with Crippen molar-refractivity contribution in [1.82, 2.24) is 5.32 Å². The summed E-state index contributed by atoms with van der Waals surface area (Å²) < 4.78 is 47.3. The van der Waals surface area contributed by atoms with Gasteiger partial charge >= 0.3 is 6.18 Å². The van der Waals surface area contributed by atoms with Gasteiger partial charge in [0, 0.05) is 5.92 Å². The summed E-state index contributed by atoms with van der Waals surface area (Å²) in [7, 11) is -1.88. The Bertz CT molecular complexity index is 369. The fourth-order valence-corrected chi connectivity index (χ4v) is 4.12. The van der Waals surface area contributed by atoms with Crippen molar-refractivity contribution in [2.75, 3.05) is 5.88 Å². The summed E-state index contributed by atoms with van der Waals surface area (Å²) in [6.45, 7) is 11.3. The zero-order valence-electron chi connectivity index (χ0n) is 14.3. The molecule has 2 atom stereocenters. The van der Waals surface area contributed by atoms with Crippen molar-refractivity contribution in [3.63, 3.8) is 0 Å². The Balaban J connectivity index is 6.22. The highest BCUT2D eigenvalue weighted by Crippen LogP contribution is 2.49. The van der Waals surface area contributed by atoms with Crippen molar-refractivity contribution in [2.24, 2.45) is 17.3 Å². The lowest BCUT2D eigenvalue weighted by molar-refractivity contribution is -0.265. The lowest BCUT2D eigenvalue weighted by Gasteiger charge is -2.50. The number of carbonyl (C=O) groups is 1. The van der Waals surface area contributed by atoms with Gasteiger partial charge in [-0.2, -0.15) is 13.2 Å². The number of hydrogen-bond acceptors (Lipinski definition) is 2. The van der Waals surface area contributed by atoms with E-state index in [0.29, 0.717) is 0 Å². The quantitative estimate of drug-likeness (QED) is 0.442. The highest BCUT2D eigenvalue weighted by Gasteiger charge is 2.61. The topological polar surface area (TPSA) is 38.3 Å². The third-order valence-electron chi connectivity index (χ3n) is 3.37. The molecular weight excluding hydrogens is 335 g/mol. The van der Waals surface area contributed by atoms with Gasteiger partial charge in [0.05, 0.1) is 0 Å². The minimum atomic E-state index is -4.52. The van der Waals surface area contributed by atoms with Crippen LogP contribution in [0, 0.1) is 17.3 Å². The van der Waals surface area contributed by atoms with Gasteiger partial charge in [0.1, 0.15) is 17.5 Å². The van der Waals surface area contributed by atoms with E-state index in [1.54, 1.807) is 26.9 Å². The number of carbonyl (C=O) groups excluding carboxylic acids is 1. The lowest BCUT2D eigenvalue weighted by Crippen LogP contribution is -2.67. The fourth-order valence-electron chi connectivity index (χ4n) is 2.80. The summed E-state index contributed by atoms with van der Waals surface area (Å²) in [6.07, 6.45) is -4.52. The summed E-state index contributed by atoms with van der Waals surface area (Å²) in [5.74, 6) is -3.50. The number of nitrogens with one attached hydrogen (secondary N) is 1. The van der Waals surface area contributed by atoms with E-state index in [-0.39, 0.29) is 0 Å². The molecule has 0 aromatic heterocycles. The van der Waals surface area contributed by atoms with Crippen molar-refractivity contribution < 1.29 is 22.4 Å². The average Bonchev–Trinajstić information content (AvgIpc) is 2.22. The van der Waals surface area contributed by atoms with Crippen LogP contribution in [0.5, 0.6) is 0 Å². The van der Waals surface area contributed by atoms with Crippen molar-refractivity contribution in [2.45, 2.75) is 59.6 Å². The molecule has 0 spiro atoms. The van der Waals surface area contributed by atoms with Crippen molar-refractivity contribution in [1.29, 1.82) is 0 Å². The van der Waals surface area contributed by atoms with E-state index in [0.717, 1.165) is 0 Å². The second-order valence-electron chi connectivity index (χ2n) is 7.14. The first-order valence-corrected chi connectivity index (χ1v) is 10.6. The van der Waals surface area contributed by atoms with Crippen LogP contribution >= 0.6 is 11.6 Å². The molecule has 22 heavy (non-hydrogen) atoms. The molecule has 0 saturated heterocycles. The van der Waals surface area contributed by atoms with Gasteiger partial charge in [0.15, 0.2) is 9.04 Å². The van der Waals surface area contributed by atoms with E-state index in [2.05, 4.69) is 5.32 Å². The first-order valence-electron chi connectivity index (χ1n) is 7.30. The number of halogens is 4. The number of amides is 1. The number of alkyl halides is 4. The maximum atomic E-state index is 13.8. The maximum Gasteiger partial charge on any atom is 0.396 e. The first kappa shape index (κ1) is 21.7. The first-order chi connectivity index (χ1) is 9.68. The second-order valence-corrected chi connectivity index (χ2v) is 9.74. The molecule has 0 heterocycles. The van der Waals surface area contributed by atoms with Gasteiger partial charge < -0.3 is 9.74 Å². The van der Waals surface area contributed by atoms with Crippen LogP contribution in [0.25, 0.3) is 0 Å². The maximum absolute atomic E-state index is 13.8. The molecule has 0 aromatic carbocycles. The van der Waals surface area contributed by atoms with E-state index < -0.39 is 50.0 Å². The van der Waals surface area contributed by atoms with Crippen LogP contribution in [0.1, 0.15) is 34.6 Å². The number of rotatable bonds is 6. The molecule has 1 N–H and O–H groups in total. The molecule has 0 aliphatic heterocycles. The normalized spacial score (nSPS) is 17.5. The van der Waals surface area contributed by atoms with E-state index in [4.69, 9.17) is 16.0 Å². The van der Waals surface area contributed by atoms with Crippen LogP contribution in [-0.2, 0) is 9.22 Å². The van der Waals surface area contributed by atoms with E-state index >= 15 is 0 Å². The molecule has 0 aliphatic rings. The van der Waals surface area contributed by atoms with Crippen LogP contribution in [0.2, 0.25) is 13.1 Å². The van der Waals surface area contributed by atoms with Crippen LogP contribution in [-0.4, -0.2) is 32.7 Å². The molecule has 8 heteroatoms. The third-order valence-corrected chi connectivity index (χ3v) is 4.47. The summed E-state index contributed by atoms with van der Waals surface area (Å²) in [5, 5.41) is 2.45. The van der Waals surface area contributed by atoms with Crippen LogP contribution in [0.15, 0.2) is 0 Å². The minimum Gasteiger partial charge on any atom is -0.398 e. The predicted octanol–water partition coefficient (Wildman–Crippen LogP) is 3.92. The van der Waals surface area contributed by atoms with Gasteiger partial charge in [-0.3, -0.25) is 4.79 Å². The molecule has 0 saturated carbocycles. The molecule has 132 valence electrons. The summed E-state index contributed by atoms with van der Waals surface area (Å²) >= 11 is 5.49. The van der Waals surface area contributed by atoms with Gasteiger partial charge in [-0.25, -0.2) is 0 Å². The van der Waals surface area contributed by atoms with E-state index in [9.17, 15) is 18.0 Å². The molecule has 2 unspecified atom stereocenters. The van der Waals surface area contributed by atoms with E-state index in [1.807, 2.05) is 0 Å². The average molecular weight is 362 g/mol. The summed E-state index contributed by atoms with van der Waals surface area (Å²) in [6, 6.07) is 0. The SMILES string of the molecule is CC(C)C(NC(=O)CCl)(O[SiH](C)C)C(C(C)(C)C)C(F)(F)F. The lowest BCUT2D eigenvalue weighted by atomic mass is 9.70. The largest absolute Gasteiger partial charge is 0.398 e. The Hall–Kier alpha value is -0.273. The number of hydrogen-bond donors (Lipinski definition) is 1. The van der Waals surface area contributed by atoms with Crippen LogP contribution < -0.4 is 5.32 Å². The predicted molar refractivity (Wildman–Crippen MR) is 85.4 cm³/mol. The molecule has 3 nitrogen and oxygen atoms in total. The standard InChI is InChI=1S/C14H27ClF3NO2Si/c1-9(2)13(21-22(6)7,19-10(20)8-15)11(12(3,4)5)14(16,17)18/h9,11,22H,8H2,1-7H3,(H,19,20). The zero-order chi connectivity index (χ0) is 17.9. The monoisotopic (exact) mass is 361 g/mol. The highest BCUT2D eigenvalue weighted by molar-refractivity contribution is 6.48. The minimum absolute atomic E-state index is 0.411. The van der Waals surface area contributed by atoms with Crippen LogP contribution in [0.3, 0.4) is 0 Å². The molecule has 0 bridgehead atoms. The van der Waals surface area contributed by atoms with Crippen molar-refractivity contribution in [3.8, 4) is 0 Å². The van der Waals surface area contributed by atoms with Gasteiger partial charge in [0.25, 0.3) is 0 Å². The van der Waals surface area contributed by atoms with Gasteiger partial charge in [-0.1, -0.05) is 34.6 Å². The smallest absolute Gasteiger partial charge is 0.396 e.